The number of allylic oxidation sites excluding steroid dienone is 1. The van der Waals surface area contributed by atoms with Crippen molar-refractivity contribution in [2.24, 2.45) is 0 Å². The van der Waals surface area contributed by atoms with Gasteiger partial charge in [0.15, 0.2) is 0 Å². The molecule has 2 aliphatic rings. The maximum absolute atomic E-state index is 12.2. The number of carboxylic acid groups (broad SMARTS) is 1. The lowest BCUT2D eigenvalue weighted by atomic mass is 9.96. The normalized spacial score (nSPS) is 17.8. The van der Waals surface area contributed by atoms with Crippen molar-refractivity contribution in [3.8, 4) is 0 Å². The van der Waals surface area contributed by atoms with E-state index >= 15 is 0 Å². The highest BCUT2D eigenvalue weighted by Gasteiger charge is 2.33. The number of rotatable bonds is 5. The van der Waals surface area contributed by atoms with Crippen LogP contribution < -0.4 is 10.2 Å². The Balaban J connectivity index is 1.98. The Kier molecular flexibility index (Phi) is 6.04. The Morgan fingerprint density at radius 1 is 1.29 bits per heavy atom. The van der Waals surface area contributed by atoms with Gasteiger partial charge in [0, 0.05) is 50.3 Å². The number of fused-ring (bicyclic) bond motifs is 1. The van der Waals surface area contributed by atoms with Crippen LogP contribution in [0.2, 0.25) is 0 Å². The smallest absolute Gasteiger partial charge is 0.416 e. The van der Waals surface area contributed by atoms with Crippen molar-refractivity contribution in [2.45, 2.75) is 32.8 Å². The molecule has 0 bridgehead atoms. The summed E-state index contributed by atoms with van der Waals surface area (Å²) in [6.45, 7) is 10.3. The number of esters is 1. The van der Waals surface area contributed by atoms with Gasteiger partial charge in [-0.2, -0.15) is 0 Å². The van der Waals surface area contributed by atoms with E-state index < -0.39 is 18.2 Å². The summed E-state index contributed by atoms with van der Waals surface area (Å²) < 4.78 is 5.44. The number of benzene rings is 1. The van der Waals surface area contributed by atoms with Crippen LogP contribution in [0, 0.1) is 0 Å². The van der Waals surface area contributed by atoms with E-state index in [1.165, 1.54) is 4.90 Å². The van der Waals surface area contributed by atoms with Crippen molar-refractivity contribution >= 4 is 17.7 Å². The van der Waals surface area contributed by atoms with Crippen LogP contribution >= 0.6 is 0 Å². The molecule has 0 aromatic heterocycles. The summed E-state index contributed by atoms with van der Waals surface area (Å²) in [5, 5.41) is 13.3. The average molecular weight is 385 g/mol. The topological polar surface area (TPSA) is 82.1 Å². The summed E-state index contributed by atoms with van der Waals surface area (Å²) in [6.07, 6.45) is -0.521. The third-order valence-corrected chi connectivity index (χ3v) is 5.02. The summed E-state index contributed by atoms with van der Waals surface area (Å²) >= 11 is 0. The summed E-state index contributed by atoms with van der Waals surface area (Å²) in [4.78, 5) is 27.7. The predicted molar refractivity (Wildman–Crippen MR) is 107 cm³/mol. The molecule has 2 aliphatic heterocycles. The third-order valence-electron chi connectivity index (χ3n) is 5.02. The zero-order valence-electron chi connectivity index (χ0n) is 16.4. The molecule has 2 N–H and O–H groups in total. The van der Waals surface area contributed by atoms with Gasteiger partial charge in [-0.25, -0.2) is 14.5 Å². The lowest BCUT2D eigenvalue weighted by molar-refractivity contribution is -0.143. The summed E-state index contributed by atoms with van der Waals surface area (Å²) in [5.41, 5.74) is 3.64. The van der Waals surface area contributed by atoms with Crippen LogP contribution in [0.3, 0.4) is 0 Å². The third kappa shape index (κ3) is 4.20. The van der Waals surface area contributed by atoms with E-state index in [-0.39, 0.29) is 0 Å². The second-order valence-corrected chi connectivity index (χ2v) is 7.25. The van der Waals surface area contributed by atoms with Gasteiger partial charge in [-0.05, 0) is 25.5 Å². The Morgan fingerprint density at radius 3 is 2.61 bits per heavy atom. The highest BCUT2D eigenvalue weighted by Crippen LogP contribution is 2.37. The molecule has 0 aliphatic carbocycles. The van der Waals surface area contributed by atoms with Crippen LogP contribution in [0.5, 0.6) is 0 Å². The molecule has 28 heavy (non-hydrogen) atoms. The lowest BCUT2D eigenvalue weighted by Gasteiger charge is -2.39. The van der Waals surface area contributed by atoms with Crippen LogP contribution in [0.15, 0.2) is 47.8 Å². The van der Waals surface area contributed by atoms with Crippen LogP contribution in [0.1, 0.15) is 25.8 Å². The lowest BCUT2D eigenvalue weighted by Crippen LogP contribution is -2.46. The zero-order valence-corrected chi connectivity index (χ0v) is 16.4. The first kappa shape index (κ1) is 19.9. The largest absolute Gasteiger partial charge is 0.464 e. The van der Waals surface area contributed by atoms with E-state index in [1.54, 1.807) is 13.8 Å². The van der Waals surface area contributed by atoms with E-state index in [4.69, 9.17) is 4.74 Å². The zero-order chi connectivity index (χ0) is 20.3. The van der Waals surface area contributed by atoms with Crippen molar-refractivity contribution in [3.05, 3.63) is 53.4 Å². The number of ether oxygens (including phenoxy) is 1. The van der Waals surface area contributed by atoms with Gasteiger partial charge in [-0.1, -0.05) is 24.8 Å². The minimum atomic E-state index is -1.03. The van der Waals surface area contributed by atoms with Gasteiger partial charge in [-0.3, -0.25) is 0 Å². The minimum Gasteiger partial charge on any atom is -0.464 e. The quantitative estimate of drug-likeness (QED) is 0.599. The monoisotopic (exact) mass is 385 g/mol. The fourth-order valence-electron chi connectivity index (χ4n) is 3.69. The number of carbonyl (C=O) groups excluding carboxylic acids is 1. The number of anilines is 1. The molecule has 1 atom stereocenters. The maximum atomic E-state index is 12.2. The second-order valence-electron chi connectivity index (χ2n) is 7.25. The standard InChI is InChI=1S/C21H27N3O4/c1-14(2)20(25)28-15(3)12-19-18(23-10-8-22-9-11-23)13-16-6-4-5-7-17(16)24(19)21(26)27/h4-7,15,22H,1,8-13H2,2-3H3,(H,26,27). The number of carbonyl (C=O) groups is 2. The average Bonchev–Trinajstić information content (AvgIpc) is 2.67. The minimum absolute atomic E-state index is 0.318. The summed E-state index contributed by atoms with van der Waals surface area (Å²) in [7, 11) is 0. The Hall–Kier alpha value is -2.80. The van der Waals surface area contributed by atoms with Crippen LogP contribution in [0.4, 0.5) is 10.5 Å². The van der Waals surface area contributed by atoms with E-state index in [2.05, 4.69) is 16.8 Å². The Bertz CT molecular complexity index is 812. The SMILES string of the molecule is C=C(C)C(=O)OC(C)CC1=C(N2CCNCC2)Cc2ccccc2N1C(=O)O. The first-order valence-corrected chi connectivity index (χ1v) is 9.53. The van der Waals surface area contributed by atoms with E-state index in [0.29, 0.717) is 29.8 Å². The molecule has 150 valence electrons. The fraction of sp³-hybridized carbons (Fsp3) is 0.429. The molecule has 1 unspecified atom stereocenters. The Morgan fingerprint density at radius 2 is 1.96 bits per heavy atom. The summed E-state index contributed by atoms with van der Waals surface area (Å²) in [6, 6.07) is 7.56. The highest BCUT2D eigenvalue weighted by molar-refractivity contribution is 5.92. The van der Waals surface area contributed by atoms with E-state index in [0.717, 1.165) is 37.4 Å². The van der Waals surface area contributed by atoms with Crippen LogP contribution in [-0.2, 0) is 16.0 Å². The highest BCUT2D eigenvalue weighted by atomic mass is 16.5. The molecule has 1 fully saturated rings. The molecular weight excluding hydrogens is 358 g/mol. The molecule has 7 heteroatoms. The molecule has 3 rings (SSSR count). The second kappa shape index (κ2) is 8.48. The van der Waals surface area contributed by atoms with Crippen molar-refractivity contribution in [1.82, 2.24) is 10.2 Å². The van der Waals surface area contributed by atoms with Gasteiger partial charge < -0.3 is 20.1 Å². The maximum Gasteiger partial charge on any atom is 0.416 e. The number of para-hydroxylation sites is 1. The van der Waals surface area contributed by atoms with Crippen molar-refractivity contribution < 1.29 is 19.4 Å². The molecular formula is C21H27N3O4. The molecule has 7 nitrogen and oxygen atoms in total. The number of nitrogens with one attached hydrogen (secondary N) is 1. The van der Waals surface area contributed by atoms with Gasteiger partial charge >= 0.3 is 12.1 Å². The van der Waals surface area contributed by atoms with Gasteiger partial charge in [0.1, 0.15) is 6.10 Å². The number of hydrogen-bond acceptors (Lipinski definition) is 5. The molecule has 2 heterocycles. The number of nitrogens with zero attached hydrogens (tertiary/aromatic N) is 2. The van der Waals surface area contributed by atoms with Crippen LogP contribution in [0.25, 0.3) is 0 Å². The molecule has 0 radical (unpaired) electrons. The Labute approximate surface area is 165 Å². The first-order valence-electron chi connectivity index (χ1n) is 9.53. The van der Waals surface area contributed by atoms with E-state index in [1.807, 2.05) is 24.3 Å². The molecule has 0 spiro atoms. The molecule has 1 aromatic rings. The molecule has 1 saturated heterocycles. The van der Waals surface area contributed by atoms with Gasteiger partial charge in [0.2, 0.25) is 0 Å². The summed E-state index contributed by atoms with van der Waals surface area (Å²) in [5.74, 6) is -0.463. The number of piperazine rings is 1. The molecule has 0 saturated carbocycles. The van der Waals surface area contributed by atoms with Gasteiger partial charge in [-0.15, -0.1) is 0 Å². The van der Waals surface area contributed by atoms with Crippen molar-refractivity contribution in [1.29, 1.82) is 0 Å². The molecule has 1 amide bonds. The first-order chi connectivity index (χ1) is 13.4. The number of amides is 1. The van der Waals surface area contributed by atoms with Crippen LogP contribution in [-0.4, -0.2) is 54.4 Å². The molecule has 1 aromatic carbocycles. The number of hydrogen-bond donors (Lipinski definition) is 2. The van der Waals surface area contributed by atoms with Gasteiger partial charge in [0.05, 0.1) is 11.4 Å². The van der Waals surface area contributed by atoms with E-state index in [9.17, 15) is 14.7 Å². The fourth-order valence-corrected chi connectivity index (χ4v) is 3.69. The van der Waals surface area contributed by atoms with Crippen molar-refractivity contribution in [2.75, 3.05) is 31.1 Å². The predicted octanol–water partition coefficient (Wildman–Crippen LogP) is 2.74. The van der Waals surface area contributed by atoms with Crippen molar-refractivity contribution in [3.63, 3.8) is 0 Å². The van der Waals surface area contributed by atoms with Gasteiger partial charge in [0.25, 0.3) is 0 Å².